The van der Waals surface area contributed by atoms with Crippen molar-refractivity contribution in [3.63, 3.8) is 0 Å². The minimum atomic E-state index is -1.75. The Kier molecular flexibility index (Phi) is 92.8. The zero-order chi connectivity index (χ0) is 7.15. The predicted molar refractivity (Wildman–Crippen MR) is 39.9 cm³/mol. The van der Waals surface area contributed by atoms with Crippen molar-refractivity contribution >= 4 is 43.8 Å². The fourth-order valence-corrected chi connectivity index (χ4v) is 0. The smallest absolute Gasteiger partial charge is 1.00 e. The summed E-state index contributed by atoms with van der Waals surface area (Å²) >= 11 is 0. The molecule has 0 rings (SSSR count). The molecule has 8 N–H and O–H groups in total. The van der Waals surface area contributed by atoms with E-state index in [-0.39, 0.29) is 100 Å². The fourth-order valence-electron chi connectivity index (χ4n) is 0. The van der Waals surface area contributed by atoms with Gasteiger partial charge in [-0.05, 0) is 0 Å². The summed E-state index contributed by atoms with van der Waals surface area (Å²) in [5.74, 6) is 0. The SMILES string of the molecule is NC(N)=O.O.O.O=[N+]([O-])[O-].[CaH2].[K+]. The third-order valence-corrected chi connectivity index (χ3v) is 0. The molecular weight excluding hydrogens is 229 g/mol. The molecular formula is CH10CaKN3O6. The van der Waals surface area contributed by atoms with Crippen LogP contribution in [0.15, 0.2) is 0 Å². The summed E-state index contributed by atoms with van der Waals surface area (Å²) in [7, 11) is 0. The minimum absolute atomic E-state index is 0. The van der Waals surface area contributed by atoms with Gasteiger partial charge in [0.15, 0.2) is 0 Å². The van der Waals surface area contributed by atoms with Crippen LogP contribution in [0.25, 0.3) is 0 Å². The van der Waals surface area contributed by atoms with Gasteiger partial charge >= 0.3 is 95.2 Å². The molecule has 0 radical (unpaired) electrons. The molecule has 0 aliphatic rings. The molecule has 0 saturated carbocycles. The normalized spacial score (nSPS) is 4.00. The Morgan fingerprint density at radius 2 is 1.17 bits per heavy atom. The number of hydrogen-bond donors (Lipinski definition) is 2. The Hall–Kier alpha value is 1.29. The molecule has 11 heteroatoms. The van der Waals surface area contributed by atoms with Gasteiger partial charge in [0.05, 0.1) is 5.09 Å². The first kappa shape index (κ1) is 37.8. The third-order valence-electron chi connectivity index (χ3n) is 0. The number of primary amides is 2. The molecule has 0 unspecified atom stereocenters. The number of hydrogen-bond acceptors (Lipinski definition) is 4. The summed E-state index contributed by atoms with van der Waals surface area (Å²) in [5, 5.41) is 14.8. The Labute approximate surface area is 140 Å². The summed E-state index contributed by atoms with van der Waals surface area (Å²) < 4.78 is 0. The maximum absolute atomic E-state index is 9.00. The molecule has 0 spiro atoms. The molecule has 2 amide bonds. The average molecular weight is 239 g/mol. The molecule has 0 aliphatic carbocycles. The molecule has 12 heavy (non-hydrogen) atoms. The van der Waals surface area contributed by atoms with E-state index >= 15 is 0 Å². The molecule has 0 aromatic carbocycles. The number of rotatable bonds is 0. The van der Waals surface area contributed by atoms with Crippen molar-refractivity contribution in [3.8, 4) is 0 Å². The summed E-state index contributed by atoms with van der Waals surface area (Å²) in [6.07, 6.45) is 0. The first-order chi connectivity index (χ1) is 3.46. The van der Waals surface area contributed by atoms with Crippen molar-refractivity contribution in [3.05, 3.63) is 15.3 Å². The van der Waals surface area contributed by atoms with Crippen LogP contribution in [0.1, 0.15) is 0 Å². The van der Waals surface area contributed by atoms with Crippen LogP contribution in [0.4, 0.5) is 4.79 Å². The summed E-state index contributed by atoms with van der Waals surface area (Å²) in [5.41, 5.74) is 8.50. The number of nitrogens with zero attached hydrogens (tertiary/aromatic N) is 1. The molecule has 9 nitrogen and oxygen atoms in total. The average Bonchev–Trinajstić information content (AvgIpc) is 1.25. The van der Waals surface area contributed by atoms with E-state index in [2.05, 4.69) is 11.5 Å². The van der Waals surface area contributed by atoms with Gasteiger partial charge in [0, 0.05) is 0 Å². The monoisotopic (exact) mass is 239 g/mol. The molecule has 0 bridgehead atoms. The number of amides is 2. The van der Waals surface area contributed by atoms with E-state index in [9.17, 15) is 0 Å². The van der Waals surface area contributed by atoms with Crippen LogP contribution in [-0.2, 0) is 0 Å². The molecule has 0 aromatic rings. The van der Waals surface area contributed by atoms with Gasteiger partial charge in [-0.15, -0.1) is 0 Å². The zero-order valence-electron chi connectivity index (χ0n) is 5.73. The quantitative estimate of drug-likeness (QED) is 0.240. The van der Waals surface area contributed by atoms with E-state index in [0.29, 0.717) is 0 Å². The second-order valence-electron chi connectivity index (χ2n) is 0.626. The number of carbonyl (C=O) groups excluding carboxylic acids is 1. The topological polar surface area (TPSA) is 198 Å². The Morgan fingerprint density at radius 1 is 1.17 bits per heavy atom. The molecule has 0 saturated heterocycles. The summed E-state index contributed by atoms with van der Waals surface area (Å²) in [6, 6.07) is -0.833. The van der Waals surface area contributed by atoms with Crippen LogP contribution < -0.4 is 62.9 Å². The van der Waals surface area contributed by atoms with E-state index in [1.54, 1.807) is 0 Å². The van der Waals surface area contributed by atoms with Gasteiger partial charge in [-0.1, -0.05) is 0 Å². The molecule has 0 heterocycles. The van der Waals surface area contributed by atoms with Crippen molar-refractivity contribution in [2.45, 2.75) is 0 Å². The summed E-state index contributed by atoms with van der Waals surface area (Å²) in [4.78, 5) is 17.2. The van der Waals surface area contributed by atoms with E-state index in [0.717, 1.165) is 0 Å². The largest absolute Gasteiger partial charge is 1.00 e. The first-order valence-corrected chi connectivity index (χ1v) is 1.33. The van der Waals surface area contributed by atoms with Crippen LogP contribution in [0.2, 0.25) is 0 Å². The van der Waals surface area contributed by atoms with Crippen molar-refractivity contribution in [2.24, 2.45) is 11.5 Å². The van der Waals surface area contributed by atoms with Crippen LogP contribution in [0, 0.1) is 15.3 Å². The Balaban J connectivity index is -0.0000000112. The molecule has 0 aromatic heterocycles. The predicted octanol–water partition coefficient (Wildman–Crippen LogP) is -6.78. The van der Waals surface area contributed by atoms with Crippen molar-refractivity contribution in [2.75, 3.05) is 0 Å². The van der Waals surface area contributed by atoms with Gasteiger partial charge in [-0.25, -0.2) is 4.79 Å². The third kappa shape index (κ3) is 722. The van der Waals surface area contributed by atoms with Gasteiger partial charge in [0.1, 0.15) is 0 Å². The minimum Gasteiger partial charge on any atom is 1.00 e. The van der Waals surface area contributed by atoms with Gasteiger partial charge < -0.3 is 37.7 Å². The number of urea groups is 1. The van der Waals surface area contributed by atoms with Crippen LogP contribution in [0.5, 0.6) is 0 Å². The van der Waals surface area contributed by atoms with Gasteiger partial charge in [0.25, 0.3) is 0 Å². The van der Waals surface area contributed by atoms with Gasteiger partial charge in [-0.3, -0.25) is 0 Å². The van der Waals surface area contributed by atoms with Gasteiger partial charge in [-0.2, -0.15) is 0 Å². The van der Waals surface area contributed by atoms with E-state index in [1.165, 1.54) is 0 Å². The standard InChI is InChI=1S/CH4N2O.Ca.K.NO3.2H2O.2H/c2-1(3)4;;;2-1(3)4;;;;/h(H4,2,3,4);;;;2*1H2;;/q;;+1;-1;;;;. The Bertz CT molecular complexity index is 80.8. The van der Waals surface area contributed by atoms with E-state index < -0.39 is 11.1 Å². The van der Waals surface area contributed by atoms with E-state index in [4.69, 9.17) is 20.1 Å². The molecule has 0 aliphatic heterocycles. The van der Waals surface area contributed by atoms with Crippen molar-refractivity contribution in [1.29, 1.82) is 0 Å². The fraction of sp³-hybridized carbons (Fsp3) is 0. The molecule has 0 fully saturated rings. The molecule has 68 valence electrons. The second kappa shape index (κ2) is 29.5. The van der Waals surface area contributed by atoms with Crippen molar-refractivity contribution < 1.29 is 72.2 Å². The van der Waals surface area contributed by atoms with Crippen LogP contribution in [-0.4, -0.2) is 59.8 Å². The zero-order valence-corrected chi connectivity index (χ0v) is 8.86. The van der Waals surface area contributed by atoms with Crippen LogP contribution >= 0.6 is 0 Å². The summed E-state index contributed by atoms with van der Waals surface area (Å²) in [6.45, 7) is 0. The number of carbonyl (C=O) groups is 1. The number of nitrogens with two attached hydrogens (primary N) is 2. The maximum atomic E-state index is 9.00. The first-order valence-electron chi connectivity index (χ1n) is 1.33. The maximum Gasteiger partial charge on any atom is 1.00 e. The van der Waals surface area contributed by atoms with Crippen LogP contribution in [0.3, 0.4) is 0 Å². The van der Waals surface area contributed by atoms with Crippen molar-refractivity contribution in [1.82, 2.24) is 0 Å². The Morgan fingerprint density at radius 3 is 1.17 bits per heavy atom. The van der Waals surface area contributed by atoms with E-state index in [1.807, 2.05) is 0 Å². The second-order valence-corrected chi connectivity index (χ2v) is 0.626. The van der Waals surface area contributed by atoms with Gasteiger partial charge in [0.2, 0.25) is 0 Å². The molecule has 0 atom stereocenters.